The van der Waals surface area contributed by atoms with E-state index < -0.39 is 10.0 Å². The van der Waals surface area contributed by atoms with E-state index in [4.69, 9.17) is 4.74 Å². The Bertz CT molecular complexity index is 799. The third-order valence-electron chi connectivity index (χ3n) is 3.30. The Hall–Kier alpha value is -2.34. The highest BCUT2D eigenvalue weighted by Crippen LogP contribution is 2.16. The minimum atomic E-state index is -3.68. The maximum absolute atomic E-state index is 12.2. The van der Waals surface area contributed by atoms with Crippen molar-refractivity contribution in [2.75, 3.05) is 7.11 Å². The molecule has 0 amide bonds. The van der Waals surface area contributed by atoms with Crippen LogP contribution in [0.2, 0.25) is 0 Å². The van der Waals surface area contributed by atoms with Crippen LogP contribution < -0.4 is 9.57 Å². The lowest BCUT2D eigenvalue weighted by atomic mass is 10.1. The molecule has 0 spiro atoms. The minimum Gasteiger partial charge on any atom is -0.496 e. The molecule has 0 atom stereocenters. The van der Waals surface area contributed by atoms with E-state index in [-0.39, 0.29) is 4.90 Å². The number of aryl methyl sites for hydroxylation is 2. The van der Waals surface area contributed by atoms with E-state index in [1.807, 2.05) is 26.0 Å². The Labute approximate surface area is 130 Å². The van der Waals surface area contributed by atoms with E-state index in [0.717, 1.165) is 11.1 Å². The van der Waals surface area contributed by atoms with Crippen molar-refractivity contribution >= 4 is 16.2 Å². The molecule has 2 aromatic carbocycles. The quantitative estimate of drug-likeness (QED) is 0.680. The first-order valence-corrected chi connectivity index (χ1v) is 8.17. The summed E-state index contributed by atoms with van der Waals surface area (Å²) in [6.07, 6.45) is 1.41. The molecule has 0 aromatic heterocycles. The number of methoxy groups -OCH3 is 1. The van der Waals surface area contributed by atoms with Crippen LogP contribution in [0.3, 0.4) is 0 Å². The van der Waals surface area contributed by atoms with E-state index in [0.29, 0.717) is 11.3 Å². The average molecular weight is 318 g/mol. The monoisotopic (exact) mass is 318 g/mol. The number of rotatable bonds is 5. The molecule has 2 rings (SSSR count). The number of sulfonamides is 1. The van der Waals surface area contributed by atoms with E-state index >= 15 is 0 Å². The molecule has 0 fully saturated rings. The van der Waals surface area contributed by atoms with Crippen LogP contribution in [-0.2, 0) is 10.0 Å². The van der Waals surface area contributed by atoms with Gasteiger partial charge in [-0.15, -0.1) is 0 Å². The van der Waals surface area contributed by atoms with Crippen molar-refractivity contribution in [2.45, 2.75) is 18.7 Å². The number of benzene rings is 2. The van der Waals surface area contributed by atoms with Gasteiger partial charge in [0.25, 0.3) is 10.0 Å². The molecule has 116 valence electrons. The van der Waals surface area contributed by atoms with E-state index in [9.17, 15) is 8.42 Å². The number of hydrogen-bond acceptors (Lipinski definition) is 4. The number of nitrogens with zero attached hydrogens (tertiary/aromatic N) is 1. The predicted octanol–water partition coefficient (Wildman–Crippen LogP) is 2.62. The average Bonchev–Trinajstić information content (AvgIpc) is 2.50. The Balaban J connectivity index is 2.19. The minimum absolute atomic E-state index is 0.188. The molecule has 1 N–H and O–H groups in total. The first kappa shape index (κ1) is 16.0. The summed E-state index contributed by atoms with van der Waals surface area (Å²) < 4.78 is 29.5. The number of nitrogens with one attached hydrogen (secondary N) is 1. The fourth-order valence-corrected chi connectivity index (χ4v) is 2.75. The van der Waals surface area contributed by atoms with Crippen LogP contribution in [0.5, 0.6) is 5.75 Å². The van der Waals surface area contributed by atoms with Crippen molar-refractivity contribution < 1.29 is 13.2 Å². The van der Waals surface area contributed by atoms with Gasteiger partial charge in [-0.1, -0.05) is 18.2 Å². The van der Waals surface area contributed by atoms with Crippen LogP contribution in [0.25, 0.3) is 0 Å². The largest absolute Gasteiger partial charge is 0.496 e. The summed E-state index contributed by atoms with van der Waals surface area (Å²) in [6, 6.07) is 12.2. The zero-order valence-electron chi connectivity index (χ0n) is 12.7. The smallest absolute Gasteiger partial charge is 0.276 e. The van der Waals surface area contributed by atoms with Crippen molar-refractivity contribution in [1.82, 2.24) is 4.83 Å². The van der Waals surface area contributed by atoms with Gasteiger partial charge in [0.15, 0.2) is 0 Å². The molecular formula is C16H18N2O3S. The van der Waals surface area contributed by atoms with Gasteiger partial charge in [0.05, 0.1) is 18.2 Å². The molecule has 0 radical (unpaired) electrons. The van der Waals surface area contributed by atoms with Gasteiger partial charge in [-0.25, -0.2) is 4.83 Å². The Morgan fingerprint density at radius 3 is 2.50 bits per heavy atom. The lowest BCUT2D eigenvalue weighted by Gasteiger charge is -2.06. The molecule has 22 heavy (non-hydrogen) atoms. The number of hydrogen-bond donors (Lipinski definition) is 1. The van der Waals surface area contributed by atoms with Crippen molar-refractivity contribution in [1.29, 1.82) is 0 Å². The second-order valence-electron chi connectivity index (χ2n) is 4.84. The summed E-state index contributed by atoms with van der Waals surface area (Å²) >= 11 is 0. The van der Waals surface area contributed by atoms with Crippen molar-refractivity contribution in [3.05, 3.63) is 59.2 Å². The van der Waals surface area contributed by atoms with E-state index in [1.54, 1.807) is 37.4 Å². The van der Waals surface area contributed by atoms with Crippen LogP contribution in [0, 0.1) is 13.8 Å². The summed E-state index contributed by atoms with van der Waals surface area (Å²) in [5.41, 5.74) is 2.64. The maximum atomic E-state index is 12.2. The lowest BCUT2D eigenvalue weighted by Crippen LogP contribution is -2.18. The van der Waals surface area contributed by atoms with Crippen LogP contribution in [0.1, 0.15) is 16.7 Å². The fourth-order valence-electron chi connectivity index (χ4n) is 1.87. The van der Waals surface area contributed by atoms with E-state index in [2.05, 4.69) is 9.93 Å². The third-order valence-corrected chi connectivity index (χ3v) is 4.52. The normalized spacial score (nSPS) is 11.6. The van der Waals surface area contributed by atoms with Crippen molar-refractivity contribution in [3.63, 3.8) is 0 Å². The molecule has 5 nitrogen and oxygen atoms in total. The topological polar surface area (TPSA) is 67.8 Å². The van der Waals surface area contributed by atoms with Gasteiger partial charge >= 0.3 is 0 Å². The van der Waals surface area contributed by atoms with E-state index in [1.165, 1.54) is 6.21 Å². The highest BCUT2D eigenvalue weighted by molar-refractivity contribution is 7.89. The lowest BCUT2D eigenvalue weighted by molar-refractivity contribution is 0.414. The van der Waals surface area contributed by atoms with Gasteiger partial charge in [0.1, 0.15) is 5.75 Å². The van der Waals surface area contributed by atoms with Crippen LogP contribution in [0.15, 0.2) is 52.5 Å². The van der Waals surface area contributed by atoms with Crippen LogP contribution >= 0.6 is 0 Å². The maximum Gasteiger partial charge on any atom is 0.276 e. The summed E-state index contributed by atoms with van der Waals surface area (Å²) in [7, 11) is -2.13. The Morgan fingerprint density at radius 1 is 1.09 bits per heavy atom. The Morgan fingerprint density at radius 2 is 1.82 bits per heavy atom. The first-order chi connectivity index (χ1) is 10.4. The summed E-state index contributed by atoms with van der Waals surface area (Å²) in [5.74, 6) is 0.622. The molecular weight excluding hydrogens is 300 g/mol. The molecule has 0 bridgehead atoms. The Kier molecular flexibility index (Phi) is 4.82. The molecule has 0 aliphatic carbocycles. The number of hydrazone groups is 1. The van der Waals surface area contributed by atoms with Gasteiger partial charge in [-0.2, -0.15) is 13.5 Å². The zero-order chi connectivity index (χ0) is 16.2. The van der Waals surface area contributed by atoms with Crippen LogP contribution in [-0.4, -0.2) is 21.7 Å². The van der Waals surface area contributed by atoms with Gasteiger partial charge < -0.3 is 4.74 Å². The SMILES string of the molecule is COc1ccccc1/C=N/NS(=O)(=O)c1ccc(C)c(C)c1. The van der Waals surface area contributed by atoms with Crippen molar-refractivity contribution in [3.8, 4) is 5.75 Å². The standard InChI is InChI=1S/C16H18N2O3S/c1-12-8-9-15(10-13(12)2)22(19,20)18-17-11-14-6-4-5-7-16(14)21-3/h4-11,18H,1-3H3/b17-11+. The van der Waals surface area contributed by atoms with Crippen LogP contribution in [0.4, 0.5) is 0 Å². The van der Waals surface area contributed by atoms with Gasteiger partial charge in [-0.05, 0) is 49.2 Å². The van der Waals surface area contributed by atoms with Gasteiger partial charge in [0, 0.05) is 5.56 Å². The second-order valence-corrected chi connectivity index (χ2v) is 6.50. The molecule has 0 aliphatic rings. The zero-order valence-corrected chi connectivity index (χ0v) is 13.5. The molecule has 0 unspecified atom stereocenters. The highest BCUT2D eigenvalue weighted by atomic mass is 32.2. The molecule has 6 heteroatoms. The predicted molar refractivity (Wildman–Crippen MR) is 86.8 cm³/mol. The number of para-hydroxylation sites is 1. The molecule has 0 aliphatic heterocycles. The summed E-state index contributed by atoms with van der Waals surface area (Å²) in [4.78, 5) is 2.40. The summed E-state index contributed by atoms with van der Waals surface area (Å²) in [6.45, 7) is 3.80. The molecule has 0 saturated carbocycles. The molecule has 0 saturated heterocycles. The summed E-state index contributed by atoms with van der Waals surface area (Å²) in [5, 5.41) is 3.81. The van der Waals surface area contributed by atoms with Crippen molar-refractivity contribution in [2.24, 2.45) is 5.10 Å². The second kappa shape index (κ2) is 6.62. The van der Waals surface area contributed by atoms with Gasteiger partial charge in [0.2, 0.25) is 0 Å². The van der Waals surface area contributed by atoms with Gasteiger partial charge in [-0.3, -0.25) is 0 Å². The fraction of sp³-hybridized carbons (Fsp3) is 0.188. The highest BCUT2D eigenvalue weighted by Gasteiger charge is 2.13. The third kappa shape index (κ3) is 3.65. The molecule has 2 aromatic rings. The molecule has 0 heterocycles. The number of ether oxygens (including phenoxy) is 1. The first-order valence-electron chi connectivity index (χ1n) is 6.69.